The SMILES string of the molecule is C[n+]1ccc(/C=N/N(CCCN2C(=O)c3ccccc3C2=O)c2ccccc2)cc1.[I-]. The largest absolute Gasteiger partial charge is 1.00 e. The molecular weight excluding hydrogens is 503 g/mol. The summed E-state index contributed by atoms with van der Waals surface area (Å²) in [5.74, 6) is -0.440. The predicted octanol–water partition coefficient (Wildman–Crippen LogP) is 0.0419. The Balaban J connectivity index is 0.00000272. The number of benzene rings is 2. The molecule has 0 aliphatic carbocycles. The van der Waals surface area contributed by atoms with Crippen molar-refractivity contribution in [1.82, 2.24) is 4.90 Å². The number of fused-ring (bicyclic) bond motifs is 1. The molecule has 1 aliphatic heterocycles. The van der Waals surface area contributed by atoms with Gasteiger partial charge >= 0.3 is 0 Å². The van der Waals surface area contributed by atoms with E-state index in [-0.39, 0.29) is 35.8 Å². The summed E-state index contributed by atoms with van der Waals surface area (Å²) in [5.41, 5.74) is 2.92. The van der Waals surface area contributed by atoms with Gasteiger partial charge in [-0.05, 0) is 30.7 Å². The van der Waals surface area contributed by atoms with Crippen molar-refractivity contribution in [3.63, 3.8) is 0 Å². The normalized spacial score (nSPS) is 12.7. The van der Waals surface area contributed by atoms with Crippen LogP contribution in [0.1, 0.15) is 32.7 Å². The first-order valence-corrected chi connectivity index (χ1v) is 9.90. The number of hydrogen-bond donors (Lipinski definition) is 0. The number of para-hydroxylation sites is 1. The molecule has 3 aromatic rings. The van der Waals surface area contributed by atoms with Crippen LogP contribution in [0.2, 0.25) is 0 Å². The second kappa shape index (κ2) is 10.3. The maximum atomic E-state index is 12.6. The van der Waals surface area contributed by atoms with Gasteiger partial charge in [0.25, 0.3) is 11.8 Å². The average molecular weight is 526 g/mol. The van der Waals surface area contributed by atoms with Gasteiger partial charge in [-0.2, -0.15) is 5.10 Å². The summed E-state index contributed by atoms with van der Waals surface area (Å²) >= 11 is 0. The Morgan fingerprint density at radius 2 is 1.48 bits per heavy atom. The first kappa shape index (κ1) is 22.6. The van der Waals surface area contributed by atoms with Crippen LogP contribution in [0.15, 0.2) is 84.2 Å². The summed E-state index contributed by atoms with van der Waals surface area (Å²) in [7, 11) is 1.97. The van der Waals surface area contributed by atoms with E-state index in [1.165, 1.54) is 4.90 Å². The molecule has 2 aromatic carbocycles. The molecule has 2 amide bonds. The van der Waals surface area contributed by atoms with Crippen molar-refractivity contribution in [1.29, 1.82) is 0 Å². The number of imide groups is 1. The Bertz CT molecular complexity index is 1050. The molecule has 0 unspecified atom stereocenters. The molecule has 0 bridgehead atoms. The van der Waals surface area contributed by atoms with Crippen LogP contribution in [-0.2, 0) is 7.05 Å². The Labute approximate surface area is 198 Å². The maximum absolute atomic E-state index is 12.6. The minimum absolute atomic E-state index is 0. The van der Waals surface area contributed by atoms with E-state index in [0.717, 1.165) is 11.3 Å². The van der Waals surface area contributed by atoms with Crippen LogP contribution in [-0.4, -0.2) is 36.0 Å². The third kappa shape index (κ3) is 5.16. The van der Waals surface area contributed by atoms with Crippen molar-refractivity contribution < 1.29 is 38.1 Å². The molecule has 0 saturated carbocycles. The Morgan fingerprint density at radius 3 is 2.10 bits per heavy atom. The van der Waals surface area contributed by atoms with E-state index in [2.05, 4.69) is 5.10 Å². The van der Waals surface area contributed by atoms with Crippen molar-refractivity contribution in [3.05, 3.63) is 95.8 Å². The highest BCUT2D eigenvalue weighted by atomic mass is 127. The molecule has 1 aliphatic rings. The first-order chi connectivity index (χ1) is 14.6. The van der Waals surface area contributed by atoms with Gasteiger partial charge in [-0.15, -0.1) is 0 Å². The fraction of sp³-hybridized carbons (Fsp3) is 0.167. The van der Waals surface area contributed by atoms with Gasteiger partial charge in [0, 0.05) is 30.8 Å². The number of hydrazone groups is 1. The summed E-state index contributed by atoms with van der Waals surface area (Å²) in [6.07, 6.45) is 6.36. The monoisotopic (exact) mass is 526 g/mol. The molecule has 158 valence electrons. The number of amides is 2. The fourth-order valence-corrected chi connectivity index (χ4v) is 3.41. The number of carbonyl (C=O) groups excluding carboxylic acids is 2. The van der Waals surface area contributed by atoms with E-state index in [0.29, 0.717) is 30.6 Å². The number of halogens is 1. The number of hydrogen-bond acceptors (Lipinski definition) is 4. The van der Waals surface area contributed by atoms with Crippen LogP contribution in [0, 0.1) is 0 Å². The summed E-state index contributed by atoms with van der Waals surface area (Å²) in [6, 6.07) is 20.8. The molecule has 0 fully saturated rings. The van der Waals surface area contributed by atoms with Crippen LogP contribution < -0.4 is 33.6 Å². The van der Waals surface area contributed by atoms with E-state index >= 15 is 0 Å². The fourth-order valence-electron chi connectivity index (χ4n) is 3.41. The molecular formula is C24H23IN4O2. The number of nitrogens with zero attached hydrogens (tertiary/aromatic N) is 4. The minimum atomic E-state index is -0.220. The second-order valence-electron chi connectivity index (χ2n) is 7.16. The van der Waals surface area contributed by atoms with E-state index in [1.807, 2.05) is 77.7 Å². The van der Waals surface area contributed by atoms with Gasteiger partial charge in [-0.1, -0.05) is 30.3 Å². The zero-order chi connectivity index (χ0) is 20.9. The zero-order valence-corrected chi connectivity index (χ0v) is 19.3. The second-order valence-corrected chi connectivity index (χ2v) is 7.16. The first-order valence-electron chi connectivity index (χ1n) is 9.90. The Hall–Kier alpha value is -3.07. The van der Waals surface area contributed by atoms with Crippen LogP contribution in [0.3, 0.4) is 0 Å². The lowest BCUT2D eigenvalue weighted by Gasteiger charge is -2.21. The number of rotatable bonds is 7. The molecule has 0 N–H and O–H groups in total. The van der Waals surface area contributed by atoms with Crippen molar-refractivity contribution in [2.75, 3.05) is 18.1 Å². The lowest BCUT2D eigenvalue weighted by atomic mass is 10.1. The molecule has 31 heavy (non-hydrogen) atoms. The lowest BCUT2D eigenvalue weighted by Crippen LogP contribution is -3.00. The van der Waals surface area contributed by atoms with E-state index in [4.69, 9.17) is 0 Å². The third-order valence-corrected chi connectivity index (χ3v) is 5.03. The summed E-state index contributed by atoms with van der Waals surface area (Å²) in [5, 5.41) is 6.54. The Morgan fingerprint density at radius 1 is 0.903 bits per heavy atom. The van der Waals surface area contributed by atoms with E-state index < -0.39 is 0 Å². The van der Waals surface area contributed by atoms with Gasteiger partial charge in [-0.25, -0.2) is 4.57 Å². The van der Waals surface area contributed by atoms with Crippen molar-refractivity contribution in [2.24, 2.45) is 12.1 Å². The van der Waals surface area contributed by atoms with Crippen LogP contribution in [0.25, 0.3) is 0 Å². The standard InChI is InChI=1S/C24H23N4O2.HI/c1-26-16-12-19(13-17-26)18-25-28(20-8-3-2-4-9-20)15-7-14-27-23(29)21-10-5-6-11-22(21)24(27)30;/h2-6,8-13,16-18H,7,14-15H2,1H3;1H/q+1;/p-1. The zero-order valence-electron chi connectivity index (χ0n) is 17.2. The molecule has 4 rings (SSSR count). The predicted molar refractivity (Wildman–Crippen MR) is 115 cm³/mol. The minimum Gasteiger partial charge on any atom is -1.00 e. The topological polar surface area (TPSA) is 56.9 Å². The van der Waals surface area contributed by atoms with Gasteiger partial charge in [0.2, 0.25) is 0 Å². The molecule has 1 aromatic heterocycles. The lowest BCUT2D eigenvalue weighted by molar-refractivity contribution is -0.671. The van der Waals surface area contributed by atoms with Gasteiger partial charge in [-0.3, -0.25) is 19.5 Å². The molecule has 0 saturated heterocycles. The van der Waals surface area contributed by atoms with Crippen molar-refractivity contribution >= 4 is 23.7 Å². The third-order valence-electron chi connectivity index (χ3n) is 5.03. The molecule has 0 radical (unpaired) electrons. The van der Waals surface area contributed by atoms with Crippen molar-refractivity contribution in [3.8, 4) is 0 Å². The highest BCUT2D eigenvalue weighted by Crippen LogP contribution is 2.23. The summed E-state index contributed by atoms with van der Waals surface area (Å²) in [4.78, 5) is 26.4. The molecule has 2 heterocycles. The quantitative estimate of drug-likeness (QED) is 0.144. The van der Waals surface area contributed by atoms with Gasteiger partial charge in [0.1, 0.15) is 7.05 Å². The molecule has 0 spiro atoms. The maximum Gasteiger partial charge on any atom is 0.261 e. The Kier molecular flexibility index (Phi) is 7.51. The average Bonchev–Trinajstić information content (AvgIpc) is 3.03. The molecule has 6 nitrogen and oxygen atoms in total. The number of pyridine rings is 1. The van der Waals surface area contributed by atoms with Crippen LogP contribution in [0.4, 0.5) is 5.69 Å². The number of aromatic nitrogens is 1. The molecule has 0 atom stereocenters. The number of aryl methyl sites for hydroxylation is 1. The highest BCUT2D eigenvalue weighted by molar-refractivity contribution is 6.21. The van der Waals surface area contributed by atoms with Crippen molar-refractivity contribution in [2.45, 2.75) is 6.42 Å². The summed E-state index contributed by atoms with van der Waals surface area (Å²) < 4.78 is 1.97. The van der Waals surface area contributed by atoms with Gasteiger partial charge in [0.15, 0.2) is 12.4 Å². The smallest absolute Gasteiger partial charge is 0.261 e. The number of carbonyl (C=O) groups is 2. The summed E-state index contributed by atoms with van der Waals surface area (Å²) in [6.45, 7) is 0.931. The van der Waals surface area contributed by atoms with Crippen LogP contribution in [0.5, 0.6) is 0 Å². The van der Waals surface area contributed by atoms with E-state index in [1.54, 1.807) is 24.3 Å². The van der Waals surface area contributed by atoms with Gasteiger partial charge in [0.05, 0.1) is 23.0 Å². The highest BCUT2D eigenvalue weighted by Gasteiger charge is 2.34. The van der Waals surface area contributed by atoms with Gasteiger partial charge < -0.3 is 24.0 Å². The molecule has 7 heteroatoms. The van der Waals surface area contributed by atoms with Crippen LogP contribution >= 0.6 is 0 Å². The number of anilines is 1. The van der Waals surface area contributed by atoms with E-state index in [9.17, 15) is 9.59 Å².